The van der Waals surface area contributed by atoms with E-state index < -0.39 is 0 Å². The van der Waals surface area contributed by atoms with Crippen LogP contribution < -0.4 is 0 Å². The summed E-state index contributed by atoms with van der Waals surface area (Å²) in [5.41, 5.74) is 0.971. The Labute approximate surface area is 115 Å². The quantitative estimate of drug-likeness (QED) is 0.826. The third-order valence-electron chi connectivity index (χ3n) is 3.26. The zero-order chi connectivity index (χ0) is 12.3. The molecule has 0 aliphatic carbocycles. The molecule has 0 amide bonds. The van der Waals surface area contributed by atoms with E-state index in [0.29, 0.717) is 13.2 Å². The molecule has 1 saturated heterocycles. The highest BCUT2D eigenvalue weighted by molar-refractivity contribution is 5.85. The molecule has 18 heavy (non-hydrogen) atoms. The van der Waals surface area contributed by atoms with Crippen LogP contribution in [0, 0.1) is 11.3 Å². The van der Waals surface area contributed by atoms with Crippen molar-refractivity contribution < 1.29 is 4.74 Å². The lowest BCUT2D eigenvalue weighted by Gasteiger charge is -2.44. The second kappa shape index (κ2) is 6.19. The van der Waals surface area contributed by atoms with Gasteiger partial charge in [-0.05, 0) is 19.4 Å². The molecule has 0 bridgehead atoms. The van der Waals surface area contributed by atoms with Gasteiger partial charge in [0.05, 0.1) is 19.3 Å². The molecule has 2 rings (SSSR count). The van der Waals surface area contributed by atoms with Gasteiger partial charge in [0.25, 0.3) is 0 Å². The molecule has 1 atom stereocenters. The van der Waals surface area contributed by atoms with Crippen LogP contribution >= 0.6 is 12.4 Å². The van der Waals surface area contributed by atoms with Crippen molar-refractivity contribution in [1.29, 1.82) is 5.26 Å². The van der Waals surface area contributed by atoms with E-state index in [2.05, 4.69) is 24.8 Å². The summed E-state index contributed by atoms with van der Waals surface area (Å²) in [6, 6.07) is 12.2. The van der Waals surface area contributed by atoms with Crippen LogP contribution in [0.25, 0.3) is 0 Å². The van der Waals surface area contributed by atoms with Crippen LogP contribution in [-0.4, -0.2) is 30.2 Å². The Bertz CT molecular complexity index is 414. The van der Waals surface area contributed by atoms with E-state index in [1.165, 1.54) is 0 Å². The number of hydrogen-bond acceptors (Lipinski definition) is 3. The van der Waals surface area contributed by atoms with Gasteiger partial charge in [-0.25, -0.2) is 0 Å². The largest absolute Gasteiger partial charge is 0.378 e. The van der Waals surface area contributed by atoms with Gasteiger partial charge in [-0.1, -0.05) is 30.3 Å². The Morgan fingerprint density at radius 3 is 2.56 bits per heavy atom. The van der Waals surface area contributed by atoms with Crippen molar-refractivity contribution in [2.75, 3.05) is 19.8 Å². The van der Waals surface area contributed by atoms with Crippen molar-refractivity contribution in [3.05, 3.63) is 35.9 Å². The van der Waals surface area contributed by atoms with Crippen LogP contribution in [0.3, 0.4) is 0 Å². The van der Waals surface area contributed by atoms with Crippen molar-refractivity contribution in [1.82, 2.24) is 4.90 Å². The van der Waals surface area contributed by atoms with Crippen LogP contribution in [0.1, 0.15) is 25.5 Å². The number of nitrogens with zero attached hydrogens (tertiary/aromatic N) is 2. The number of benzene rings is 1. The first kappa shape index (κ1) is 15.0. The van der Waals surface area contributed by atoms with Gasteiger partial charge >= 0.3 is 0 Å². The van der Waals surface area contributed by atoms with Crippen molar-refractivity contribution in [2.45, 2.75) is 25.4 Å². The van der Waals surface area contributed by atoms with Crippen LogP contribution in [0.15, 0.2) is 30.3 Å². The lowest BCUT2D eigenvalue weighted by molar-refractivity contribution is -0.0630. The first-order valence-electron chi connectivity index (χ1n) is 5.94. The predicted molar refractivity (Wildman–Crippen MR) is 73.6 cm³/mol. The smallest absolute Gasteiger partial charge is 0.124 e. The minimum atomic E-state index is -0.185. The average molecular weight is 267 g/mol. The molecular formula is C14H19ClN2O. The van der Waals surface area contributed by atoms with Gasteiger partial charge in [-0.2, -0.15) is 5.26 Å². The topological polar surface area (TPSA) is 36.3 Å². The maximum atomic E-state index is 9.43. The second-order valence-corrected chi connectivity index (χ2v) is 5.00. The zero-order valence-electron chi connectivity index (χ0n) is 10.8. The Kier molecular flexibility index (Phi) is 5.15. The minimum Gasteiger partial charge on any atom is -0.378 e. The van der Waals surface area contributed by atoms with Crippen LogP contribution in [0.4, 0.5) is 0 Å². The van der Waals surface area contributed by atoms with Gasteiger partial charge < -0.3 is 4.74 Å². The molecule has 0 N–H and O–H groups in total. The minimum absolute atomic E-state index is 0. The number of hydrogen-bond donors (Lipinski definition) is 0. The molecule has 1 aromatic carbocycles. The average Bonchev–Trinajstić information content (AvgIpc) is 2.33. The fourth-order valence-corrected chi connectivity index (χ4v) is 2.31. The molecule has 1 aliphatic heterocycles. The van der Waals surface area contributed by atoms with Crippen molar-refractivity contribution in [3.8, 4) is 6.07 Å². The standard InChI is InChI=1S/C14H18N2O.ClH/c1-14(2)11-17-9-8-16(14)13(10-15)12-6-4-3-5-7-12;/h3-7,13H,8-9,11H2,1-2H3;1H. The van der Waals surface area contributed by atoms with E-state index in [9.17, 15) is 5.26 Å². The summed E-state index contributed by atoms with van der Waals surface area (Å²) >= 11 is 0. The number of morpholine rings is 1. The number of rotatable bonds is 2. The fourth-order valence-electron chi connectivity index (χ4n) is 2.31. The molecular weight excluding hydrogens is 248 g/mol. The third-order valence-corrected chi connectivity index (χ3v) is 3.26. The van der Waals surface area contributed by atoms with Gasteiger partial charge in [0.1, 0.15) is 6.04 Å². The lowest BCUT2D eigenvalue weighted by atomic mass is 9.96. The molecule has 1 unspecified atom stereocenters. The zero-order valence-corrected chi connectivity index (χ0v) is 11.6. The van der Waals surface area contributed by atoms with Crippen LogP contribution in [0.5, 0.6) is 0 Å². The molecule has 1 fully saturated rings. The summed E-state index contributed by atoms with van der Waals surface area (Å²) in [4.78, 5) is 2.23. The molecule has 3 nitrogen and oxygen atoms in total. The SMILES string of the molecule is CC1(C)COCCN1C(C#N)c1ccccc1.Cl. The lowest BCUT2D eigenvalue weighted by Crippen LogP contribution is -2.53. The predicted octanol–water partition coefficient (Wildman–Crippen LogP) is 2.78. The number of ether oxygens (including phenoxy) is 1. The molecule has 0 radical (unpaired) electrons. The van der Waals surface area contributed by atoms with Gasteiger partial charge in [0.15, 0.2) is 0 Å². The third kappa shape index (κ3) is 3.02. The van der Waals surface area contributed by atoms with E-state index in [1.54, 1.807) is 0 Å². The Hall–Kier alpha value is -1.08. The van der Waals surface area contributed by atoms with E-state index in [-0.39, 0.29) is 24.0 Å². The molecule has 0 aromatic heterocycles. The van der Waals surface area contributed by atoms with E-state index >= 15 is 0 Å². The van der Waals surface area contributed by atoms with Crippen molar-refractivity contribution in [2.24, 2.45) is 0 Å². The Morgan fingerprint density at radius 1 is 1.33 bits per heavy atom. The molecule has 1 aromatic rings. The molecule has 0 spiro atoms. The maximum Gasteiger partial charge on any atom is 0.124 e. The van der Waals surface area contributed by atoms with Gasteiger partial charge in [-0.3, -0.25) is 4.90 Å². The van der Waals surface area contributed by atoms with E-state index in [0.717, 1.165) is 12.1 Å². The summed E-state index contributed by atoms with van der Waals surface area (Å²) < 4.78 is 5.49. The monoisotopic (exact) mass is 266 g/mol. The molecule has 4 heteroatoms. The van der Waals surface area contributed by atoms with Gasteiger partial charge in [0.2, 0.25) is 0 Å². The molecule has 0 saturated carbocycles. The first-order chi connectivity index (χ1) is 8.15. The van der Waals surface area contributed by atoms with Gasteiger partial charge in [0, 0.05) is 12.1 Å². The number of halogens is 1. The second-order valence-electron chi connectivity index (χ2n) is 5.00. The van der Waals surface area contributed by atoms with Crippen molar-refractivity contribution >= 4 is 12.4 Å². The molecule has 98 valence electrons. The molecule has 1 heterocycles. The Morgan fingerprint density at radius 2 is 2.00 bits per heavy atom. The summed E-state index contributed by atoms with van der Waals surface area (Å²) in [5.74, 6) is 0. The van der Waals surface area contributed by atoms with Gasteiger partial charge in [-0.15, -0.1) is 12.4 Å². The van der Waals surface area contributed by atoms with Crippen LogP contribution in [-0.2, 0) is 4.74 Å². The van der Waals surface area contributed by atoms with Crippen molar-refractivity contribution in [3.63, 3.8) is 0 Å². The highest BCUT2D eigenvalue weighted by atomic mass is 35.5. The first-order valence-corrected chi connectivity index (χ1v) is 5.94. The van der Waals surface area contributed by atoms with Crippen LogP contribution in [0.2, 0.25) is 0 Å². The van der Waals surface area contributed by atoms with E-state index in [4.69, 9.17) is 4.74 Å². The summed E-state index contributed by atoms with van der Waals surface area (Å²) in [6.07, 6.45) is 0. The maximum absolute atomic E-state index is 9.43. The molecule has 1 aliphatic rings. The highest BCUT2D eigenvalue weighted by Gasteiger charge is 2.36. The normalized spacial score (nSPS) is 20.5. The highest BCUT2D eigenvalue weighted by Crippen LogP contribution is 2.30. The summed E-state index contributed by atoms with van der Waals surface area (Å²) in [6.45, 7) is 6.44. The summed E-state index contributed by atoms with van der Waals surface area (Å²) in [5, 5.41) is 9.43. The van der Waals surface area contributed by atoms with E-state index in [1.807, 2.05) is 30.3 Å². The fraction of sp³-hybridized carbons (Fsp3) is 0.500. The Balaban J connectivity index is 0.00000162. The number of nitriles is 1. The summed E-state index contributed by atoms with van der Waals surface area (Å²) in [7, 11) is 0.